The van der Waals surface area contributed by atoms with Gasteiger partial charge in [0.1, 0.15) is 0 Å². The number of carbonyl (C=O) groups excluding carboxylic acids is 1. The van der Waals surface area contributed by atoms with Crippen LogP contribution in [-0.4, -0.2) is 63.5 Å². The number of hydrogen-bond donors (Lipinski definition) is 1. The van der Waals surface area contributed by atoms with Crippen LogP contribution in [0.2, 0.25) is 5.02 Å². The number of amides is 1. The third-order valence-electron chi connectivity index (χ3n) is 3.17. The quantitative estimate of drug-likeness (QED) is 0.670. The molecule has 0 heterocycles. The third-order valence-corrected chi connectivity index (χ3v) is 4.61. The van der Waals surface area contributed by atoms with E-state index in [9.17, 15) is 13.2 Å². The average Bonchev–Trinajstić information content (AvgIpc) is 2.44. The van der Waals surface area contributed by atoms with Gasteiger partial charge in [-0.2, -0.15) is 4.31 Å². The molecule has 1 aromatic rings. The molecule has 23 heavy (non-hydrogen) atoms. The first-order chi connectivity index (χ1) is 10.7. The zero-order chi connectivity index (χ0) is 17.5. The summed E-state index contributed by atoms with van der Waals surface area (Å²) in [5, 5.41) is 3.32. The van der Waals surface area contributed by atoms with Gasteiger partial charge < -0.3 is 10.2 Å². The number of benzene rings is 1. The minimum Gasteiger partial charge on any atom is -0.355 e. The highest BCUT2D eigenvalue weighted by atomic mass is 35.5. The van der Waals surface area contributed by atoms with Gasteiger partial charge >= 0.3 is 0 Å². The van der Waals surface area contributed by atoms with Crippen LogP contribution in [0, 0.1) is 0 Å². The summed E-state index contributed by atoms with van der Waals surface area (Å²) >= 11 is 5.82. The van der Waals surface area contributed by atoms with Gasteiger partial charge in [0, 0.05) is 18.1 Å². The van der Waals surface area contributed by atoms with Crippen molar-refractivity contribution in [2.75, 3.05) is 40.0 Å². The highest BCUT2D eigenvalue weighted by molar-refractivity contribution is 7.88. The predicted octanol–water partition coefficient (Wildman–Crippen LogP) is 1.17. The van der Waals surface area contributed by atoms with Gasteiger partial charge in [-0.3, -0.25) is 4.79 Å². The van der Waals surface area contributed by atoms with E-state index in [4.69, 9.17) is 11.6 Å². The van der Waals surface area contributed by atoms with E-state index in [-0.39, 0.29) is 19.0 Å². The molecule has 130 valence electrons. The van der Waals surface area contributed by atoms with Crippen LogP contribution >= 0.6 is 11.6 Å². The van der Waals surface area contributed by atoms with Crippen LogP contribution in [0.15, 0.2) is 24.3 Å². The standard InChI is InChI=1S/C15H24ClN3O3S/c1-18(2)10-4-9-17-15(20)12-19(23(3,21)22)11-13-5-7-14(16)8-6-13/h5-8H,4,9-12H2,1-3H3,(H,17,20). The van der Waals surface area contributed by atoms with Crippen LogP contribution in [0.3, 0.4) is 0 Å². The molecule has 0 aliphatic rings. The number of carbonyl (C=O) groups is 1. The van der Waals surface area contributed by atoms with Gasteiger partial charge in [0.05, 0.1) is 12.8 Å². The maximum Gasteiger partial charge on any atom is 0.235 e. The molecular formula is C15H24ClN3O3S. The van der Waals surface area contributed by atoms with E-state index >= 15 is 0 Å². The molecule has 6 nitrogen and oxygen atoms in total. The number of rotatable bonds is 9. The zero-order valence-electron chi connectivity index (χ0n) is 13.8. The van der Waals surface area contributed by atoms with E-state index in [1.54, 1.807) is 24.3 Å². The summed E-state index contributed by atoms with van der Waals surface area (Å²) in [5.41, 5.74) is 0.778. The molecule has 0 aliphatic heterocycles. The summed E-state index contributed by atoms with van der Waals surface area (Å²) in [7, 11) is 0.434. The molecule has 8 heteroatoms. The lowest BCUT2D eigenvalue weighted by Gasteiger charge is -2.20. The topological polar surface area (TPSA) is 69.7 Å². The van der Waals surface area contributed by atoms with E-state index in [1.165, 1.54) is 0 Å². The van der Waals surface area contributed by atoms with Crippen molar-refractivity contribution >= 4 is 27.5 Å². The van der Waals surface area contributed by atoms with Crippen LogP contribution in [0.1, 0.15) is 12.0 Å². The van der Waals surface area contributed by atoms with Gasteiger partial charge in [0.15, 0.2) is 0 Å². The number of hydrogen-bond acceptors (Lipinski definition) is 4. The summed E-state index contributed by atoms with van der Waals surface area (Å²) in [6, 6.07) is 6.88. The van der Waals surface area contributed by atoms with Crippen molar-refractivity contribution in [1.29, 1.82) is 0 Å². The van der Waals surface area contributed by atoms with Crippen LogP contribution in [0.4, 0.5) is 0 Å². The largest absolute Gasteiger partial charge is 0.355 e. The molecule has 0 spiro atoms. The normalized spacial score (nSPS) is 11.9. The lowest BCUT2D eigenvalue weighted by Crippen LogP contribution is -2.40. The Morgan fingerprint density at radius 1 is 1.22 bits per heavy atom. The Kier molecular flexibility index (Phi) is 7.98. The molecule has 1 N–H and O–H groups in total. The summed E-state index contributed by atoms with van der Waals surface area (Å²) in [4.78, 5) is 14.0. The lowest BCUT2D eigenvalue weighted by atomic mass is 10.2. The Hall–Kier alpha value is -1.15. The monoisotopic (exact) mass is 361 g/mol. The smallest absolute Gasteiger partial charge is 0.235 e. The van der Waals surface area contributed by atoms with Crippen LogP contribution in [-0.2, 0) is 21.4 Å². The van der Waals surface area contributed by atoms with E-state index in [0.717, 1.165) is 29.1 Å². The molecule has 0 fully saturated rings. The number of nitrogens with one attached hydrogen (secondary N) is 1. The van der Waals surface area contributed by atoms with Crippen LogP contribution in [0.5, 0.6) is 0 Å². The van der Waals surface area contributed by atoms with Gasteiger partial charge in [0.25, 0.3) is 0 Å². The van der Waals surface area contributed by atoms with Crippen molar-refractivity contribution in [1.82, 2.24) is 14.5 Å². The molecule has 0 radical (unpaired) electrons. The van der Waals surface area contributed by atoms with Crippen molar-refractivity contribution in [3.05, 3.63) is 34.9 Å². The Bertz CT molecular complexity index is 603. The highest BCUT2D eigenvalue weighted by Gasteiger charge is 2.20. The van der Waals surface area contributed by atoms with Crippen LogP contribution < -0.4 is 5.32 Å². The minimum absolute atomic E-state index is 0.140. The second-order valence-corrected chi connectivity index (χ2v) is 8.08. The lowest BCUT2D eigenvalue weighted by molar-refractivity contribution is -0.121. The first-order valence-corrected chi connectivity index (χ1v) is 9.52. The van der Waals surface area contributed by atoms with Crippen molar-refractivity contribution < 1.29 is 13.2 Å². The highest BCUT2D eigenvalue weighted by Crippen LogP contribution is 2.13. The average molecular weight is 362 g/mol. The molecule has 1 aromatic carbocycles. The van der Waals surface area contributed by atoms with Crippen molar-refractivity contribution in [2.45, 2.75) is 13.0 Å². The predicted molar refractivity (Wildman–Crippen MR) is 92.9 cm³/mol. The second kappa shape index (κ2) is 9.22. The first kappa shape index (κ1) is 19.9. The number of halogens is 1. The fraction of sp³-hybridized carbons (Fsp3) is 0.533. The zero-order valence-corrected chi connectivity index (χ0v) is 15.3. The Balaban J connectivity index is 2.58. The molecule has 0 bridgehead atoms. The van der Waals surface area contributed by atoms with Gasteiger partial charge in [-0.1, -0.05) is 23.7 Å². The third kappa shape index (κ3) is 8.31. The Labute approximate surface area is 143 Å². The fourth-order valence-electron chi connectivity index (χ4n) is 1.92. The molecule has 0 saturated carbocycles. The minimum atomic E-state index is -3.48. The van der Waals surface area contributed by atoms with E-state index in [2.05, 4.69) is 5.32 Å². The van der Waals surface area contributed by atoms with Crippen molar-refractivity contribution in [3.63, 3.8) is 0 Å². The van der Waals surface area contributed by atoms with Crippen molar-refractivity contribution in [3.8, 4) is 0 Å². The molecule has 0 saturated heterocycles. The SMILES string of the molecule is CN(C)CCCNC(=O)CN(Cc1ccc(Cl)cc1)S(C)(=O)=O. The van der Waals surface area contributed by atoms with E-state index in [1.807, 2.05) is 19.0 Å². The molecule has 1 amide bonds. The van der Waals surface area contributed by atoms with Crippen molar-refractivity contribution in [2.24, 2.45) is 0 Å². The molecule has 0 aromatic heterocycles. The molecule has 0 atom stereocenters. The van der Waals surface area contributed by atoms with E-state index in [0.29, 0.717) is 11.6 Å². The molecular weight excluding hydrogens is 338 g/mol. The molecule has 0 unspecified atom stereocenters. The summed E-state index contributed by atoms with van der Waals surface area (Å²) < 4.78 is 24.9. The number of nitrogens with zero attached hydrogens (tertiary/aromatic N) is 2. The van der Waals surface area contributed by atoms with E-state index < -0.39 is 10.0 Å². The summed E-state index contributed by atoms with van der Waals surface area (Å²) in [6.45, 7) is 1.33. The Morgan fingerprint density at radius 3 is 2.35 bits per heavy atom. The molecule has 0 aliphatic carbocycles. The van der Waals surface area contributed by atoms with Gasteiger partial charge in [-0.05, 0) is 44.8 Å². The van der Waals surface area contributed by atoms with Crippen LogP contribution in [0.25, 0.3) is 0 Å². The van der Waals surface area contributed by atoms with Gasteiger partial charge in [0.2, 0.25) is 15.9 Å². The van der Waals surface area contributed by atoms with Gasteiger partial charge in [-0.15, -0.1) is 0 Å². The fourth-order valence-corrected chi connectivity index (χ4v) is 2.78. The maximum absolute atomic E-state index is 11.9. The summed E-state index contributed by atoms with van der Waals surface area (Å²) in [6.07, 6.45) is 1.91. The maximum atomic E-state index is 11.9. The Morgan fingerprint density at radius 2 is 1.83 bits per heavy atom. The first-order valence-electron chi connectivity index (χ1n) is 7.29. The number of sulfonamides is 1. The molecule has 1 rings (SSSR count). The second-order valence-electron chi connectivity index (χ2n) is 5.66. The summed E-state index contributed by atoms with van der Waals surface area (Å²) in [5.74, 6) is -0.303. The van der Waals surface area contributed by atoms with Gasteiger partial charge in [-0.25, -0.2) is 8.42 Å².